The van der Waals surface area contributed by atoms with Gasteiger partial charge in [-0.1, -0.05) is 0 Å². The van der Waals surface area contributed by atoms with Crippen LogP contribution in [0.5, 0.6) is 5.75 Å². The van der Waals surface area contributed by atoms with Crippen molar-refractivity contribution in [2.75, 3.05) is 14.2 Å². The first-order chi connectivity index (χ1) is 7.26. The summed E-state index contributed by atoms with van der Waals surface area (Å²) in [4.78, 5) is 15.5. The first-order valence-electron chi connectivity index (χ1n) is 4.84. The highest BCUT2D eigenvalue weighted by molar-refractivity contribution is 5.77. The van der Waals surface area contributed by atoms with Gasteiger partial charge in [0.2, 0.25) is 0 Å². The molecule has 1 aliphatic rings. The van der Waals surface area contributed by atoms with Crippen LogP contribution in [-0.4, -0.2) is 25.2 Å². The van der Waals surface area contributed by atoms with Crippen molar-refractivity contribution in [2.24, 2.45) is 5.92 Å². The first-order valence-corrected chi connectivity index (χ1v) is 4.84. The molecule has 1 heterocycles. The maximum atomic E-state index is 11.2. The maximum Gasteiger partial charge on any atom is 0.309 e. The second kappa shape index (κ2) is 3.88. The zero-order valence-electron chi connectivity index (χ0n) is 8.77. The molecule has 1 saturated carbocycles. The van der Waals surface area contributed by atoms with Crippen LogP contribution >= 0.6 is 0 Å². The van der Waals surface area contributed by atoms with Crippen LogP contribution < -0.4 is 4.74 Å². The van der Waals surface area contributed by atoms with Crippen molar-refractivity contribution in [3.8, 4) is 5.75 Å². The van der Waals surface area contributed by atoms with E-state index in [9.17, 15) is 4.79 Å². The van der Waals surface area contributed by atoms with Crippen molar-refractivity contribution in [1.29, 1.82) is 0 Å². The lowest BCUT2D eigenvalue weighted by Gasteiger charge is -2.01. The van der Waals surface area contributed by atoms with Gasteiger partial charge in [-0.25, -0.2) is 0 Å². The molecule has 2 rings (SSSR count). The van der Waals surface area contributed by atoms with Crippen molar-refractivity contribution >= 4 is 5.97 Å². The van der Waals surface area contributed by atoms with Gasteiger partial charge < -0.3 is 9.47 Å². The number of carbonyl (C=O) groups excluding carboxylic acids is 1. The highest BCUT2D eigenvalue weighted by atomic mass is 16.5. The van der Waals surface area contributed by atoms with Crippen molar-refractivity contribution in [3.63, 3.8) is 0 Å². The van der Waals surface area contributed by atoms with Crippen LogP contribution in [0.4, 0.5) is 0 Å². The van der Waals surface area contributed by atoms with E-state index < -0.39 is 0 Å². The second-order valence-corrected chi connectivity index (χ2v) is 3.59. The van der Waals surface area contributed by atoms with Crippen molar-refractivity contribution in [1.82, 2.24) is 4.98 Å². The Kier molecular flexibility index (Phi) is 2.58. The summed E-state index contributed by atoms with van der Waals surface area (Å²) < 4.78 is 9.69. The molecule has 4 nitrogen and oxygen atoms in total. The molecule has 0 spiro atoms. The van der Waals surface area contributed by atoms with Gasteiger partial charge in [-0.3, -0.25) is 9.78 Å². The molecule has 0 aromatic carbocycles. The van der Waals surface area contributed by atoms with Gasteiger partial charge in [-0.05, 0) is 18.6 Å². The van der Waals surface area contributed by atoms with E-state index in [4.69, 9.17) is 4.74 Å². The van der Waals surface area contributed by atoms with Crippen LogP contribution in [0.1, 0.15) is 18.0 Å². The van der Waals surface area contributed by atoms with Gasteiger partial charge in [0.1, 0.15) is 5.75 Å². The van der Waals surface area contributed by atoms with Crippen LogP contribution in [0.2, 0.25) is 0 Å². The summed E-state index contributed by atoms with van der Waals surface area (Å²) in [6.07, 6.45) is 2.51. The standard InChI is InChI=1S/C11H13NO3/c1-14-7-3-4-10(12-6-7)8-5-9(8)11(13)15-2/h3-4,6,8-9H,5H2,1-2H3/t8-,9-/m1/s1. The van der Waals surface area contributed by atoms with Gasteiger partial charge >= 0.3 is 5.97 Å². The van der Waals surface area contributed by atoms with Crippen LogP contribution in [0.25, 0.3) is 0 Å². The number of hydrogen-bond donors (Lipinski definition) is 0. The zero-order chi connectivity index (χ0) is 10.8. The second-order valence-electron chi connectivity index (χ2n) is 3.59. The van der Waals surface area contributed by atoms with E-state index in [1.54, 1.807) is 13.3 Å². The predicted octanol–water partition coefficient (Wildman–Crippen LogP) is 1.37. The molecule has 1 aliphatic carbocycles. The zero-order valence-corrected chi connectivity index (χ0v) is 8.77. The maximum absolute atomic E-state index is 11.2. The molecule has 0 unspecified atom stereocenters. The number of rotatable bonds is 3. The summed E-state index contributed by atoms with van der Waals surface area (Å²) in [6, 6.07) is 3.75. The van der Waals surface area contributed by atoms with E-state index in [0.29, 0.717) is 0 Å². The fourth-order valence-corrected chi connectivity index (χ4v) is 1.67. The van der Waals surface area contributed by atoms with Gasteiger partial charge in [0.05, 0.1) is 26.3 Å². The van der Waals surface area contributed by atoms with Crippen molar-refractivity contribution in [3.05, 3.63) is 24.0 Å². The largest absolute Gasteiger partial charge is 0.495 e. The fraction of sp³-hybridized carbons (Fsp3) is 0.455. The minimum absolute atomic E-state index is 0.00380. The third-order valence-electron chi connectivity index (χ3n) is 2.67. The third kappa shape index (κ3) is 1.93. The molecule has 1 fully saturated rings. The predicted molar refractivity (Wildman–Crippen MR) is 53.7 cm³/mol. The van der Waals surface area contributed by atoms with E-state index in [0.717, 1.165) is 17.9 Å². The van der Waals surface area contributed by atoms with Gasteiger partial charge in [0, 0.05) is 11.6 Å². The topological polar surface area (TPSA) is 48.4 Å². The van der Waals surface area contributed by atoms with Gasteiger partial charge in [0.15, 0.2) is 0 Å². The molecule has 15 heavy (non-hydrogen) atoms. The van der Waals surface area contributed by atoms with Crippen LogP contribution in [0.3, 0.4) is 0 Å². The average molecular weight is 207 g/mol. The fourth-order valence-electron chi connectivity index (χ4n) is 1.67. The van der Waals surface area contributed by atoms with E-state index in [1.807, 2.05) is 12.1 Å². The quantitative estimate of drug-likeness (QED) is 0.702. The highest BCUT2D eigenvalue weighted by Gasteiger charge is 2.45. The number of ether oxygens (including phenoxy) is 2. The summed E-state index contributed by atoms with van der Waals surface area (Å²) in [5.41, 5.74) is 0.936. The monoisotopic (exact) mass is 207 g/mol. The van der Waals surface area contributed by atoms with E-state index in [2.05, 4.69) is 9.72 Å². The molecule has 0 N–H and O–H groups in total. The smallest absolute Gasteiger partial charge is 0.309 e. The molecule has 2 atom stereocenters. The molecular formula is C11H13NO3. The van der Waals surface area contributed by atoms with E-state index in [-0.39, 0.29) is 17.8 Å². The Balaban J connectivity index is 2.04. The number of esters is 1. The molecule has 4 heteroatoms. The minimum atomic E-state index is -0.141. The molecule has 80 valence electrons. The molecular weight excluding hydrogens is 194 g/mol. The Morgan fingerprint density at radius 3 is 2.80 bits per heavy atom. The molecule has 0 amide bonds. The summed E-state index contributed by atoms with van der Waals surface area (Å²) in [6.45, 7) is 0. The first kappa shape index (κ1) is 9.96. The Labute approximate surface area is 88.2 Å². The van der Waals surface area contributed by atoms with Crippen LogP contribution in [-0.2, 0) is 9.53 Å². The number of nitrogens with zero attached hydrogens (tertiary/aromatic N) is 1. The Morgan fingerprint density at radius 1 is 1.47 bits per heavy atom. The number of pyridine rings is 1. The van der Waals surface area contributed by atoms with E-state index >= 15 is 0 Å². The Bertz CT molecular complexity index is 361. The highest BCUT2D eigenvalue weighted by Crippen LogP contribution is 2.47. The third-order valence-corrected chi connectivity index (χ3v) is 2.67. The normalized spacial score (nSPS) is 23.3. The van der Waals surface area contributed by atoms with Gasteiger partial charge in [-0.2, -0.15) is 0 Å². The molecule has 0 saturated heterocycles. The lowest BCUT2D eigenvalue weighted by molar-refractivity contribution is -0.142. The minimum Gasteiger partial charge on any atom is -0.495 e. The molecule has 0 aliphatic heterocycles. The van der Waals surface area contributed by atoms with Gasteiger partial charge in [-0.15, -0.1) is 0 Å². The van der Waals surface area contributed by atoms with Gasteiger partial charge in [0.25, 0.3) is 0 Å². The average Bonchev–Trinajstić information content (AvgIpc) is 3.08. The summed E-state index contributed by atoms with van der Waals surface area (Å²) in [5, 5.41) is 0. The number of carbonyl (C=O) groups is 1. The number of aromatic nitrogens is 1. The Hall–Kier alpha value is -1.58. The van der Waals surface area contributed by atoms with Crippen LogP contribution in [0.15, 0.2) is 18.3 Å². The van der Waals surface area contributed by atoms with Crippen LogP contribution in [0, 0.1) is 5.92 Å². The molecule has 1 aromatic rings. The molecule has 1 aromatic heterocycles. The SMILES string of the molecule is COC(=O)[C@@H]1C[C@H]1c1ccc(OC)cn1. The number of hydrogen-bond acceptors (Lipinski definition) is 4. The molecule has 0 bridgehead atoms. The summed E-state index contributed by atoms with van der Waals surface area (Å²) in [5.74, 6) is 0.811. The molecule has 0 radical (unpaired) electrons. The summed E-state index contributed by atoms with van der Waals surface area (Å²) >= 11 is 0. The number of methoxy groups -OCH3 is 2. The van der Waals surface area contributed by atoms with Crippen molar-refractivity contribution in [2.45, 2.75) is 12.3 Å². The van der Waals surface area contributed by atoms with Crippen molar-refractivity contribution < 1.29 is 14.3 Å². The summed E-state index contributed by atoms with van der Waals surface area (Å²) in [7, 11) is 3.02. The lowest BCUT2D eigenvalue weighted by atomic mass is 10.2. The Morgan fingerprint density at radius 2 is 2.27 bits per heavy atom. The van der Waals surface area contributed by atoms with E-state index in [1.165, 1.54) is 7.11 Å². The lowest BCUT2D eigenvalue weighted by Crippen LogP contribution is -2.04.